The lowest BCUT2D eigenvalue weighted by Gasteiger charge is -2.50. The van der Waals surface area contributed by atoms with E-state index in [-0.39, 0.29) is 5.54 Å². The summed E-state index contributed by atoms with van der Waals surface area (Å²) in [7, 11) is 2.23. The van der Waals surface area contributed by atoms with E-state index in [1.54, 1.807) is 0 Å². The van der Waals surface area contributed by atoms with Crippen molar-refractivity contribution in [2.24, 2.45) is 0 Å². The second-order valence-electron chi connectivity index (χ2n) is 6.44. The molecule has 0 amide bonds. The van der Waals surface area contributed by atoms with E-state index < -0.39 is 0 Å². The minimum Gasteiger partial charge on any atom is -0.317 e. The van der Waals surface area contributed by atoms with Crippen molar-refractivity contribution in [3.8, 4) is 0 Å². The predicted molar refractivity (Wildman–Crippen MR) is 84.0 cm³/mol. The highest BCUT2D eigenvalue weighted by molar-refractivity contribution is 5.29. The monoisotopic (exact) mass is 273 g/mol. The molecule has 2 saturated heterocycles. The molecular weight excluding hydrogens is 246 g/mol. The lowest BCUT2D eigenvalue weighted by molar-refractivity contribution is 0.0149. The minimum atomic E-state index is 0.264. The first-order valence-corrected chi connectivity index (χ1v) is 7.92. The Kier molecular flexibility index (Phi) is 4.11. The van der Waals surface area contributed by atoms with Crippen LogP contribution in [0.2, 0.25) is 0 Å². The van der Waals surface area contributed by atoms with Gasteiger partial charge in [-0.1, -0.05) is 29.8 Å². The van der Waals surface area contributed by atoms with E-state index in [9.17, 15) is 0 Å². The zero-order valence-electron chi connectivity index (χ0n) is 12.9. The molecule has 2 fully saturated rings. The van der Waals surface area contributed by atoms with Crippen LogP contribution in [-0.2, 0) is 5.54 Å². The second-order valence-corrected chi connectivity index (χ2v) is 6.44. The maximum Gasteiger partial charge on any atom is 0.0485 e. The summed E-state index contributed by atoms with van der Waals surface area (Å²) in [6.07, 6.45) is 2.47. The van der Waals surface area contributed by atoms with Crippen molar-refractivity contribution in [3.63, 3.8) is 0 Å². The zero-order chi connectivity index (χ0) is 14.0. The molecule has 0 aromatic heterocycles. The molecule has 1 N–H and O–H groups in total. The molecule has 20 heavy (non-hydrogen) atoms. The predicted octanol–water partition coefficient (Wildman–Crippen LogP) is 1.82. The standard InChI is InChI=1S/C17H27N3/c1-15-3-5-16(6-4-15)17(7-9-18-10-8-17)20-13-11-19(2)12-14-20/h3-6,18H,7-14H2,1-2H3. The molecule has 0 unspecified atom stereocenters. The summed E-state index contributed by atoms with van der Waals surface area (Å²) in [6.45, 7) is 9.24. The maximum atomic E-state index is 3.53. The van der Waals surface area contributed by atoms with E-state index in [2.05, 4.69) is 53.4 Å². The van der Waals surface area contributed by atoms with Crippen LogP contribution < -0.4 is 5.32 Å². The Hall–Kier alpha value is -0.900. The van der Waals surface area contributed by atoms with Gasteiger partial charge in [0.15, 0.2) is 0 Å². The van der Waals surface area contributed by atoms with Crippen molar-refractivity contribution in [2.45, 2.75) is 25.3 Å². The molecule has 3 rings (SSSR count). The summed E-state index contributed by atoms with van der Waals surface area (Å²) in [4.78, 5) is 5.19. The molecular formula is C17H27N3. The molecule has 0 saturated carbocycles. The number of hydrogen-bond donors (Lipinski definition) is 1. The highest BCUT2D eigenvalue weighted by Crippen LogP contribution is 2.37. The fourth-order valence-corrected chi connectivity index (χ4v) is 3.73. The Balaban J connectivity index is 1.89. The fourth-order valence-electron chi connectivity index (χ4n) is 3.73. The van der Waals surface area contributed by atoms with Gasteiger partial charge in [0.2, 0.25) is 0 Å². The van der Waals surface area contributed by atoms with E-state index in [0.717, 1.165) is 13.1 Å². The summed E-state index contributed by atoms with van der Waals surface area (Å²) >= 11 is 0. The van der Waals surface area contributed by atoms with E-state index >= 15 is 0 Å². The van der Waals surface area contributed by atoms with Crippen LogP contribution in [0.1, 0.15) is 24.0 Å². The third-order valence-corrected chi connectivity index (χ3v) is 5.13. The van der Waals surface area contributed by atoms with E-state index in [1.807, 2.05) is 0 Å². The quantitative estimate of drug-likeness (QED) is 0.887. The van der Waals surface area contributed by atoms with Gasteiger partial charge in [0.25, 0.3) is 0 Å². The fraction of sp³-hybridized carbons (Fsp3) is 0.647. The number of nitrogens with zero attached hydrogens (tertiary/aromatic N) is 2. The van der Waals surface area contributed by atoms with E-state index in [1.165, 1.54) is 50.1 Å². The largest absolute Gasteiger partial charge is 0.317 e. The van der Waals surface area contributed by atoms with Gasteiger partial charge >= 0.3 is 0 Å². The Morgan fingerprint density at radius 1 is 0.950 bits per heavy atom. The number of piperazine rings is 1. The van der Waals surface area contributed by atoms with Gasteiger partial charge in [-0.2, -0.15) is 0 Å². The lowest BCUT2D eigenvalue weighted by Crippen LogP contribution is -2.58. The second kappa shape index (κ2) is 5.84. The van der Waals surface area contributed by atoms with Gasteiger partial charge in [0, 0.05) is 31.7 Å². The first-order valence-electron chi connectivity index (χ1n) is 7.92. The molecule has 2 aliphatic heterocycles. The highest BCUT2D eigenvalue weighted by Gasteiger charge is 2.40. The van der Waals surface area contributed by atoms with Crippen LogP contribution in [-0.4, -0.2) is 56.1 Å². The molecule has 110 valence electrons. The molecule has 2 aliphatic rings. The van der Waals surface area contributed by atoms with E-state index in [0.29, 0.717) is 0 Å². The minimum absolute atomic E-state index is 0.264. The maximum absolute atomic E-state index is 3.53. The highest BCUT2D eigenvalue weighted by atomic mass is 15.3. The van der Waals surface area contributed by atoms with Crippen molar-refractivity contribution in [1.82, 2.24) is 15.1 Å². The Morgan fingerprint density at radius 3 is 2.15 bits per heavy atom. The van der Waals surface area contributed by atoms with Crippen LogP contribution in [0.4, 0.5) is 0 Å². The van der Waals surface area contributed by atoms with Gasteiger partial charge < -0.3 is 10.2 Å². The molecule has 0 aliphatic carbocycles. The summed E-state index contributed by atoms with van der Waals surface area (Å²) in [5, 5.41) is 3.53. The molecule has 1 aromatic rings. The lowest BCUT2D eigenvalue weighted by atomic mass is 9.79. The summed E-state index contributed by atoms with van der Waals surface area (Å²) in [5.74, 6) is 0. The molecule has 0 spiro atoms. The molecule has 3 heteroatoms. The van der Waals surface area contributed by atoms with Crippen LogP contribution in [0.25, 0.3) is 0 Å². The number of rotatable bonds is 2. The molecule has 0 bridgehead atoms. The van der Waals surface area contributed by atoms with Gasteiger partial charge in [-0.05, 0) is 45.5 Å². The molecule has 0 atom stereocenters. The number of nitrogens with one attached hydrogen (secondary N) is 1. The van der Waals surface area contributed by atoms with Crippen molar-refractivity contribution in [2.75, 3.05) is 46.3 Å². The molecule has 2 heterocycles. The Bertz CT molecular complexity index is 426. The van der Waals surface area contributed by atoms with Gasteiger partial charge in [-0.15, -0.1) is 0 Å². The van der Waals surface area contributed by atoms with Gasteiger partial charge in [0.1, 0.15) is 0 Å². The first-order chi connectivity index (χ1) is 9.71. The van der Waals surface area contributed by atoms with Crippen LogP contribution in [0.5, 0.6) is 0 Å². The van der Waals surface area contributed by atoms with Crippen LogP contribution in [0.3, 0.4) is 0 Å². The summed E-state index contributed by atoms with van der Waals surface area (Å²) in [6, 6.07) is 9.27. The third-order valence-electron chi connectivity index (χ3n) is 5.13. The third kappa shape index (κ3) is 2.62. The first kappa shape index (κ1) is 14.1. The Labute approximate surface area is 123 Å². The number of benzene rings is 1. The van der Waals surface area contributed by atoms with Gasteiger partial charge in [0.05, 0.1) is 0 Å². The molecule has 0 radical (unpaired) electrons. The van der Waals surface area contributed by atoms with Gasteiger partial charge in [-0.3, -0.25) is 4.90 Å². The number of hydrogen-bond acceptors (Lipinski definition) is 3. The summed E-state index contributed by atoms with van der Waals surface area (Å²) < 4.78 is 0. The van der Waals surface area contributed by atoms with Gasteiger partial charge in [-0.25, -0.2) is 0 Å². The SMILES string of the molecule is Cc1ccc(C2(N3CCN(C)CC3)CCNCC2)cc1. The summed E-state index contributed by atoms with van der Waals surface area (Å²) in [5.41, 5.74) is 3.14. The van der Waals surface area contributed by atoms with Crippen molar-refractivity contribution in [3.05, 3.63) is 35.4 Å². The van der Waals surface area contributed by atoms with E-state index in [4.69, 9.17) is 0 Å². The molecule has 3 nitrogen and oxygen atoms in total. The van der Waals surface area contributed by atoms with Crippen molar-refractivity contribution < 1.29 is 0 Å². The normalized spacial score (nSPS) is 24.7. The van der Waals surface area contributed by atoms with Crippen molar-refractivity contribution in [1.29, 1.82) is 0 Å². The number of aryl methyl sites for hydroxylation is 1. The van der Waals surface area contributed by atoms with Crippen molar-refractivity contribution >= 4 is 0 Å². The van der Waals surface area contributed by atoms with Crippen LogP contribution in [0.15, 0.2) is 24.3 Å². The molecule has 1 aromatic carbocycles. The van der Waals surface area contributed by atoms with Crippen LogP contribution in [0, 0.1) is 6.92 Å². The number of piperidine rings is 1. The average Bonchev–Trinajstić information content (AvgIpc) is 2.49. The Morgan fingerprint density at radius 2 is 1.55 bits per heavy atom. The number of likely N-dealkylation sites (N-methyl/N-ethyl adjacent to an activating group) is 1. The smallest absolute Gasteiger partial charge is 0.0485 e. The average molecular weight is 273 g/mol. The topological polar surface area (TPSA) is 18.5 Å². The van der Waals surface area contributed by atoms with Crippen LogP contribution >= 0.6 is 0 Å². The zero-order valence-corrected chi connectivity index (χ0v) is 12.9.